The van der Waals surface area contributed by atoms with Crippen LogP contribution in [0.4, 0.5) is 0 Å². The van der Waals surface area contributed by atoms with Gasteiger partial charge in [-0.2, -0.15) is 0 Å². The van der Waals surface area contributed by atoms with E-state index in [2.05, 4.69) is 39.2 Å². The molecule has 1 heterocycles. The third-order valence-electron chi connectivity index (χ3n) is 4.33. The highest BCUT2D eigenvalue weighted by atomic mass is 79.9. The number of nitrogens with zero attached hydrogens (tertiary/aromatic N) is 1. The molecule has 3 nitrogen and oxygen atoms in total. The molecular weight excluding hydrogens is 316 g/mol. The Hall–Kier alpha value is -0.450. The molecular formula is C16H25BrN2O. The van der Waals surface area contributed by atoms with Crippen LogP contribution in [-0.2, 0) is 11.2 Å². The fourth-order valence-corrected chi connectivity index (χ4v) is 3.65. The summed E-state index contributed by atoms with van der Waals surface area (Å²) in [7, 11) is 1.87. The lowest BCUT2D eigenvalue weighted by atomic mass is 9.87. The quantitative estimate of drug-likeness (QED) is 0.821. The van der Waals surface area contributed by atoms with E-state index in [0.717, 1.165) is 36.7 Å². The largest absolute Gasteiger partial charge is 0.377 e. The van der Waals surface area contributed by atoms with E-state index in [9.17, 15) is 0 Å². The first kappa shape index (κ1) is 15.9. The molecule has 0 amide bonds. The molecule has 1 saturated carbocycles. The van der Waals surface area contributed by atoms with E-state index in [0.29, 0.717) is 6.04 Å². The lowest BCUT2D eigenvalue weighted by molar-refractivity contribution is -0.0354. The summed E-state index contributed by atoms with van der Waals surface area (Å²) in [5, 5.41) is 3.70. The van der Waals surface area contributed by atoms with Gasteiger partial charge in [-0.3, -0.25) is 4.98 Å². The Morgan fingerprint density at radius 2 is 2.15 bits per heavy atom. The lowest BCUT2D eigenvalue weighted by Crippen LogP contribution is -2.52. The summed E-state index contributed by atoms with van der Waals surface area (Å²) in [6.07, 6.45) is 10.8. The van der Waals surface area contributed by atoms with E-state index in [1.165, 1.54) is 18.4 Å². The molecule has 112 valence electrons. The SMILES string of the molecule is CCCNC(Cc1cncc(Br)c1)C1(OC)CCCC1. The molecule has 0 radical (unpaired) electrons. The van der Waals surface area contributed by atoms with Gasteiger partial charge in [0.1, 0.15) is 0 Å². The molecule has 0 bridgehead atoms. The maximum absolute atomic E-state index is 5.97. The van der Waals surface area contributed by atoms with Crippen molar-refractivity contribution in [2.45, 2.75) is 57.1 Å². The first-order chi connectivity index (χ1) is 9.70. The molecule has 0 saturated heterocycles. The van der Waals surface area contributed by atoms with Crippen LogP contribution in [0.25, 0.3) is 0 Å². The summed E-state index contributed by atoms with van der Waals surface area (Å²) >= 11 is 3.50. The zero-order valence-electron chi connectivity index (χ0n) is 12.5. The maximum Gasteiger partial charge on any atom is 0.0834 e. The molecule has 1 aliphatic carbocycles. The highest BCUT2D eigenvalue weighted by Crippen LogP contribution is 2.37. The summed E-state index contributed by atoms with van der Waals surface area (Å²) in [5.41, 5.74) is 1.26. The molecule has 0 aromatic carbocycles. The van der Waals surface area contributed by atoms with Crippen LogP contribution in [0, 0.1) is 0 Å². The maximum atomic E-state index is 5.97. The zero-order valence-corrected chi connectivity index (χ0v) is 14.1. The van der Waals surface area contributed by atoms with Crippen LogP contribution in [0.3, 0.4) is 0 Å². The van der Waals surface area contributed by atoms with E-state index < -0.39 is 0 Å². The number of hydrogen-bond donors (Lipinski definition) is 1. The first-order valence-electron chi connectivity index (χ1n) is 7.58. The standard InChI is InChI=1S/C16H25BrN2O/c1-3-8-19-15(16(20-2)6-4-5-7-16)10-13-9-14(17)12-18-11-13/h9,11-12,15,19H,3-8,10H2,1-2H3. The molecule has 0 spiro atoms. The Kier molecular flexibility index (Phi) is 6.00. The first-order valence-corrected chi connectivity index (χ1v) is 8.37. The van der Waals surface area contributed by atoms with Gasteiger partial charge in [0.2, 0.25) is 0 Å². The minimum Gasteiger partial charge on any atom is -0.377 e. The normalized spacial score (nSPS) is 19.1. The smallest absolute Gasteiger partial charge is 0.0834 e. The van der Waals surface area contributed by atoms with Crippen LogP contribution in [-0.4, -0.2) is 30.3 Å². The van der Waals surface area contributed by atoms with Gasteiger partial charge >= 0.3 is 0 Å². The number of rotatable bonds is 7. The molecule has 1 aliphatic rings. The summed E-state index contributed by atoms with van der Waals surface area (Å²) in [6, 6.07) is 2.53. The number of aromatic nitrogens is 1. The molecule has 2 rings (SSSR count). The topological polar surface area (TPSA) is 34.2 Å². The number of nitrogens with one attached hydrogen (secondary N) is 1. The molecule has 1 aromatic rings. The predicted molar refractivity (Wildman–Crippen MR) is 85.9 cm³/mol. The fraction of sp³-hybridized carbons (Fsp3) is 0.688. The Bertz CT molecular complexity index is 419. The summed E-state index contributed by atoms with van der Waals surface area (Å²) in [6.45, 7) is 3.25. The molecule has 4 heteroatoms. The van der Waals surface area contributed by atoms with Crippen molar-refractivity contribution in [3.8, 4) is 0 Å². The fourth-order valence-electron chi connectivity index (χ4n) is 3.23. The molecule has 1 unspecified atom stereocenters. The van der Waals surface area contributed by atoms with E-state index >= 15 is 0 Å². The van der Waals surface area contributed by atoms with Gasteiger partial charge in [-0.15, -0.1) is 0 Å². The summed E-state index contributed by atoms with van der Waals surface area (Å²) in [5.74, 6) is 0. The highest BCUT2D eigenvalue weighted by molar-refractivity contribution is 9.10. The van der Waals surface area contributed by atoms with Crippen molar-refractivity contribution in [2.75, 3.05) is 13.7 Å². The van der Waals surface area contributed by atoms with Crippen molar-refractivity contribution in [2.24, 2.45) is 0 Å². The van der Waals surface area contributed by atoms with Crippen LogP contribution in [0.5, 0.6) is 0 Å². The van der Waals surface area contributed by atoms with Crippen molar-refractivity contribution in [3.63, 3.8) is 0 Å². The van der Waals surface area contributed by atoms with Crippen molar-refractivity contribution >= 4 is 15.9 Å². The van der Waals surface area contributed by atoms with Crippen molar-refractivity contribution in [1.29, 1.82) is 0 Å². The second-order valence-electron chi connectivity index (χ2n) is 5.70. The third-order valence-corrected chi connectivity index (χ3v) is 4.77. The van der Waals surface area contributed by atoms with Gasteiger partial charge in [0.15, 0.2) is 0 Å². The van der Waals surface area contributed by atoms with Crippen molar-refractivity contribution in [3.05, 3.63) is 28.5 Å². The van der Waals surface area contributed by atoms with E-state index in [1.807, 2.05) is 19.5 Å². The second kappa shape index (κ2) is 7.53. The lowest BCUT2D eigenvalue weighted by Gasteiger charge is -2.37. The van der Waals surface area contributed by atoms with Gasteiger partial charge in [-0.25, -0.2) is 0 Å². The number of methoxy groups -OCH3 is 1. The Morgan fingerprint density at radius 1 is 1.40 bits per heavy atom. The zero-order chi connectivity index (χ0) is 14.4. The van der Waals surface area contributed by atoms with Crippen LogP contribution < -0.4 is 5.32 Å². The molecule has 0 aliphatic heterocycles. The molecule has 1 aromatic heterocycles. The van der Waals surface area contributed by atoms with Crippen molar-refractivity contribution in [1.82, 2.24) is 10.3 Å². The molecule has 1 fully saturated rings. The number of pyridine rings is 1. The number of hydrogen-bond acceptors (Lipinski definition) is 3. The second-order valence-corrected chi connectivity index (χ2v) is 6.61. The van der Waals surface area contributed by atoms with Gasteiger partial charge in [-0.05, 0) is 59.8 Å². The van der Waals surface area contributed by atoms with E-state index in [-0.39, 0.29) is 5.60 Å². The van der Waals surface area contributed by atoms with Gasteiger partial charge in [-0.1, -0.05) is 19.8 Å². The predicted octanol–water partition coefficient (Wildman–Crippen LogP) is 3.71. The average Bonchev–Trinajstić information content (AvgIpc) is 2.93. The third kappa shape index (κ3) is 3.80. The molecule has 1 atom stereocenters. The van der Waals surface area contributed by atoms with E-state index in [1.54, 1.807) is 0 Å². The van der Waals surface area contributed by atoms with Crippen LogP contribution in [0.1, 0.15) is 44.6 Å². The van der Waals surface area contributed by atoms with Gasteiger partial charge in [0, 0.05) is 30.0 Å². The minimum atomic E-state index is -0.00249. The van der Waals surface area contributed by atoms with Gasteiger partial charge in [0.05, 0.1) is 5.60 Å². The van der Waals surface area contributed by atoms with E-state index in [4.69, 9.17) is 4.74 Å². The van der Waals surface area contributed by atoms with Crippen LogP contribution in [0.15, 0.2) is 22.9 Å². The Balaban J connectivity index is 2.14. The van der Waals surface area contributed by atoms with Gasteiger partial charge < -0.3 is 10.1 Å². The van der Waals surface area contributed by atoms with Crippen LogP contribution in [0.2, 0.25) is 0 Å². The molecule has 20 heavy (non-hydrogen) atoms. The molecule has 1 N–H and O–H groups in total. The summed E-state index contributed by atoms with van der Waals surface area (Å²) in [4.78, 5) is 4.28. The van der Waals surface area contributed by atoms with Gasteiger partial charge in [0.25, 0.3) is 0 Å². The highest BCUT2D eigenvalue weighted by Gasteiger charge is 2.41. The number of ether oxygens (including phenoxy) is 1. The Labute approximate surface area is 130 Å². The minimum absolute atomic E-state index is 0.00249. The number of halogens is 1. The van der Waals surface area contributed by atoms with Crippen molar-refractivity contribution < 1.29 is 4.74 Å². The van der Waals surface area contributed by atoms with Crippen LogP contribution >= 0.6 is 15.9 Å². The Morgan fingerprint density at radius 3 is 2.75 bits per heavy atom. The monoisotopic (exact) mass is 340 g/mol. The summed E-state index contributed by atoms with van der Waals surface area (Å²) < 4.78 is 7.01. The average molecular weight is 341 g/mol.